The number of carbonyl (C=O) groups excluding carboxylic acids is 3. The van der Waals surface area contributed by atoms with E-state index in [0.717, 1.165) is 31.4 Å². The van der Waals surface area contributed by atoms with Crippen molar-refractivity contribution in [3.63, 3.8) is 0 Å². The molecule has 0 aliphatic carbocycles. The molecule has 0 amide bonds. The third kappa shape index (κ3) is 10.6. The van der Waals surface area contributed by atoms with Crippen LogP contribution in [0.1, 0.15) is 54.3 Å². The molecule has 0 bridgehead atoms. The Bertz CT molecular complexity index is 681. The first-order chi connectivity index (χ1) is 13.4. The summed E-state index contributed by atoms with van der Waals surface area (Å²) in [5, 5.41) is 0. The summed E-state index contributed by atoms with van der Waals surface area (Å²) < 4.78 is 46.2. The number of rotatable bonds is 14. The Morgan fingerprint density at radius 1 is 1.03 bits per heavy atom. The number of ether oxygens (including phenoxy) is 3. The van der Waals surface area contributed by atoms with Crippen molar-refractivity contribution in [1.29, 1.82) is 0 Å². The SMILES string of the molecule is C=CC(=O)OC(C)C(CCCCCC)(C(=O)OCS(=O)(=O)O)C(C)OC(=O)C=C.[H-].[K+]. The normalized spacial score (nSPS) is 14.8. The van der Waals surface area contributed by atoms with Crippen LogP contribution in [-0.4, -0.2) is 49.0 Å². The Balaban J connectivity index is -0.00000392. The largest absolute Gasteiger partial charge is 1.00 e. The van der Waals surface area contributed by atoms with Crippen molar-refractivity contribution in [3.8, 4) is 0 Å². The fourth-order valence-corrected chi connectivity index (χ4v) is 3.19. The molecule has 0 fully saturated rings. The molecule has 0 aliphatic heterocycles. The van der Waals surface area contributed by atoms with Gasteiger partial charge in [-0.3, -0.25) is 9.35 Å². The van der Waals surface area contributed by atoms with Gasteiger partial charge in [0.15, 0.2) is 0 Å². The van der Waals surface area contributed by atoms with Crippen molar-refractivity contribution < 1.29 is 94.4 Å². The Labute approximate surface area is 222 Å². The zero-order valence-corrected chi connectivity index (χ0v) is 22.0. The molecule has 0 saturated carbocycles. The van der Waals surface area contributed by atoms with Crippen LogP contribution < -0.4 is 51.4 Å². The monoisotopic (exact) mass is 474 g/mol. The zero-order valence-electron chi connectivity index (χ0n) is 19.1. The van der Waals surface area contributed by atoms with Crippen LogP contribution in [0.2, 0.25) is 0 Å². The Morgan fingerprint density at radius 3 is 1.87 bits per heavy atom. The predicted molar refractivity (Wildman–Crippen MR) is 106 cm³/mol. The Hall–Kier alpha value is -0.564. The standard InChI is InChI=1S/C19H30O9S.K.H/c1-6-9-10-11-12-19(14(4)27-16(20)7-2,15(5)28-17(21)8-3)18(22)26-13-29(23,24)25;;/h7-8,14-15H,2-3,6,9-13H2,1,4-5H3,(H,23,24,25);;/q;+1;-1. The van der Waals surface area contributed by atoms with Gasteiger partial charge < -0.3 is 15.6 Å². The van der Waals surface area contributed by atoms with Gasteiger partial charge in [-0.05, 0) is 20.3 Å². The summed E-state index contributed by atoms with van der Waals surface area (Å²) in [7, 11) is -4.61. The first-order valence-electron chi connectivity index (χ1n) is 9.23. The van der Waals surface area contributed by atoms with Gasteiger partial charge in [-0.1, -0.05) is 45.8 Å². The Kier molecular flexibility index (Phi) is 16.1. The molecule has 0 saturated heterocycles. The van der Waals surface area contributed by atoms with Gasteiger partial charge in [-0.15, -0.1) is 0 Å². The molecule has 0 aromatic carbocycles. The third-order valence-corrected chi connectivity index (χ3v) is 4.95. The number of esters is 3. The van der Waals surface area contributed by atoms with Gasteiger partial charge in [-0.25, -0.2) is 9.59 Å². The van der Waals surface area contributed by atoms with Crippen LogP contribution in [0.3, 0.4) is 0 Å². The first-order valence-corrected chi connectivity index (χ1v) is 10.8. The van der Waals surface area contributed by atoms with Gasteiger partial charge in [0.1, 0.15) is 17.6 Å². The average Bonchev–Trinajstić information content (AvgIpc) is 2.65. The van der Waals surface area contributed by atoms with Crippen LogP contribution in [0, 0.1) is 5.41 Å². The van der Waals surface area contributed by atoms with Crippen LogP contribution in [0.25, 0.3) is 0 Å². The van der Waals surface area contributed by atoms with Gasteiger partial charge in [0.2, 0.25) is 5.94 Å². The summed E-state index contributed by atoms with van der Waals surface area (Å²) in [4.78, 5) is 36.4. The number of hydrogen-bond acceptors (Lipinski definition) is 8. The fourth-order valence-electron chi connectivity index (χ4n) is 2.93. The zero-order chi connectivity index (χ0) is 22.7. The molecule has 0 heterocycles. The van der Waals surface area contributed by atoms with Gasteiger partial charge in [0.05, 0.1) is 0 Å². The minimum Gasteiger partial charge on any atom is -1.00 e. The van der Waals surface area contributed by atoms with E-state index in [1.54, 1.807) is 0 Å². The molecule has 0 aliphatic rings. The fraction of sp³-hybridized carbons (Fsp3) is 0.632. The van der Waals surface area contributed by atoms with Crippen LogP contribution in [0.5, 0.6) is 0 Å². The molecule has 9 nitrogen and oxygen atoms in total. The minimum absolute atomic E-state index is 0. The molecule has 0 aromatic rings. The number of hydrogen-bond donors (Lipinski definition) is 1. The maximum Gasteiger partial charge on any atom is 1.00 e. The van der Waals surface area contributed by atoms with Crippen molar-refractivity contribution in [2.75, 3.05) is 5.94 Å². The quantitative estimate of drug-likeness (QED) is 0.0898. The predicted octanol–water partition coefficient (Wildman–Crippen LogP) is -0.316. The van der Waals surface area contributed by atoms with Crippen LogP contribution in [-0.2, 0) is 38.7 Å². The van der Waals surface area contributed by atoms with E-state index in [9.17, 15) is 22.8 Å². The minimum atomic E-state index is -4.61. The van der Waals surface area contributed by atoms with E-state index in [0.29, 0.717) is 6.42 Å². The van der Waals surface area contributed by atoms with Crippen molar-refractivity contribution >= 4 is 28.0 Å². The number of unbranched alkanes of at least 4 members (excludes halogenated alkanes) is 3. The smallest absolute Gasteiger partial charge is 1.00 e. The van der Waals surface area contributed by atoms with Gasteiger partial charge in [-0.2, -0.15) is 8.42 Å². The molecular formula is C19H31KO9S. The summed E-state index contributed by atoms with van der Waals surface area (Å²) in [5.41, 5.74) is -1.71. The first kappa shape index (κ1) is 31.6. The molecule has 168 valence electrons. The summed E-state index contributed by atoms with van der Waals surface area (Å²) in [5.74, 6) is -4.01. The molecule has 30 heavy (non-hydrogen) atoms. The van der Waals surface area contributed by atoms with E-state index in [1.807, 2.05) is 6.92 Å². The van der Waals surface area contributed by atoms with E-state index < -0.39 is 51.6 Å². The molecule has 0 spiro atoms. The summed E-state index contributed by atoms with van der Waals surface area (Å²) in [6, 6.07) is 0. The molecule has 0 aromatic heterocycles. The molecule has 2 unspecified atom stereocenters. The second kappa shape index (κ2) is 15.3. The third-order valence-electron chi connectivity index (χ3n) is 4.53. The summed E-state index contributed by atoms with van der Waals surface area (Å²) in [6.45, 7) is 11.4. The van der Waals surface area contributed by atoms with Crippen molar-refractivity contribution in [1.82, 2.24) is 0 Å². The molecule has 0 rings (SSSR count). The molecule has 11 heteroatoms. The van der Waals surface area contributed by atoms with Gasteiger partial charge >= 0.3 is 79.4 Å². The van der Waals surface area contributed by atoms with Crippen LogP contribution in [0.15, 0.2) is 25.3 Å². The van der Waals surface area contributed by atoms with Crippen LogP contribution in [0.4, 0.5) is 0 Å². The second-order valence-electron chi connectivity index (χ2n) is 6.55. The van der Waals surface area contributed by atoms with E-state index in [2.05, 4.69) is 13.2 Å². The average molecular weight is 475 g/mol. The maximum absolute atomic E-state index is 13.0. The topological polar surface area (TPSA) is 133 Å². The van der Waals surface area contributed by atoms with E-state index in [4.69, 9.17) is 18.8 Å². The summed E-state index contributed by atoms with van der Waals surface area (Å²) in [6.07, 6.45) is 2.58. The maximum atomic E-state index is 13.0. The van der Waals surface area contributed by atoms with Gasteiger partial charge in [0, 0.05) is 12.2 Å². The molecular weight excluding hydrogens is 443 g/mol. The second-order valence-corrected chi connectivity index (χ2v) is 7.95. The van der Waals surface area contributed by atoms with Crippen LogP contribution >= 0.6 is 0 Å². The summed E-state index contributed by atoms with van der Waals surface area (Å²) >= 11 is 0. The molecule has 0 radical (unpaired) electrons. The van der Waals surface area contributed by atoms with Crippen molar-refractivity contribution in [2.45, 2.75) is 65.1 Å². The van der Waals surface area contributed by atoms with E-state index in [1.165, 1.54) is 13.8 Å². The van der Waals surface area contributed by atoms with Crippen molar-refractivity contribution in [2.24, 2.45) is 5.41 Å². The van der Waals surface area contributed by atoms with E-state index in [-0.39, 0.29) is 59.2 Å². The Morgan fingerprint density at radius 2 is 1.50 bits per heavy atom. The molecule has 2 atom stereocenters. The molecule has 1 N–H and O–H groups in total. The van der Waals surface area contributed by atoms with E-state index >= 15 is 0 Å². The number of carbonyl (C=O) groups is 3. The van der Waals surface area contributed by atoms with Crippen molar-refractivity contribution in [3.05, 3.63) is 25.3 Å². The van der Waals surface area contributed by atoms with Gasteiger partial charge in [0.25, 0.3) is 0 Å².